The van der Waals surface area contributed by atoms with Gasteiger partial charge in [0.2, 0.25) is 11.9 Å². The number of carbonyl (C=O) groups excluding carboxylic acids is 2. The van der Waals surface area contributed by atoms with E-state index in [1.54, 1.807) is 24.3 Å². The monoisotopic (exact) mass is 353 g/mol. The first kappa shape index (κ1) is 17.8. The van der Waals surface area contributed by atoms with E-state index < -0.39 is 0 Å². The second kappa shape index (κ2) is 7.95. The molecule has 1 saturated heterocycles. The van der Waals surface area contributed by atoms with Crippen LogP contribution >= 0.6 is 0 Å². The van der Waals surface area contributed by atoms with Gasteiger partial charge in [0.15, 0.2) is 0 Å². The number of benzene rings is 1. The Balaban J connectivity index is 1.61. The minimum Gasteiger partial charge on any atom is -0.343 e. The molecule has 2 N–H and O–H groups in total. The number of aromatic nitrogens is 2. The molecule has 0 radical (unpaired) electrons. The van der Waals surface area contributed by atoms with Crippen molar-refractivity contribution in [2.45, 2.75) is 26.7 Å². The summed E-state index contributed by atoms with van der Waals surface area (Å²) in [6.45, 7) is 5.53. The summed E-state index contributed by atoms with van der Waals surface area (Å²) in [5, 5.41) is 5.42. The van der Waals surface area contributed by atoms with Gasteiger partial charge in [-0.15, -0.1) is 0 Å². The van der Waals surface area contributed by atoms with Crippen molar-refractivity contribution >= 4 is 23.5 Å². The minimum absolute atomic E-state index is 0.111. The van der Waals surface area contributed by atoms with Gasteiger partial charge in [0.1, 0.15) is 0 Å². The van der Waals surface area contributed by atoms with Gasteiger partial charge in [-0.3, -0.25) is 9.59 Å². The summed E-state index contributed by atoms with van der Waals surface area (Å²) in [6.07, 6.45) is 2.31. The highest BCUT2D eigenvalue weighted by molar-refractivity contribution is 5.99. The van der Waals surface area contributed by atoms with Crippen LogP contribution in [0.15, 0.2) is 30.3 Å². The number of amides is 2. The number of hydrogen-bond donors (Lipinski definition) is 2. The molecular weight excluding hydrogens is 330 g/mol. The van der Waals surface area contributed by atoms with Crippen LogP contribution in [0, 0.1) is 13.8 Å². The van der Waals surface area contributed by atoms with Gasteiger partial charge >= 0.3 is 0 Å². The van der Waals surface area contributed by atoms with Crippen molar-refractivity contribution in [1.29, 1.82) is 0 Å². The fourth-order valence-electron chi connectivity index (χ4n) is 2.97. The third-order valence-corrected chi connectivity index (χ3v) is 4.36. The number of nitrogens with zero attached hydrogens (tertiary/aromatic N) is 3. The van der Waals surface area contributed by atoms with E-state index in [0.717, 1.165) is 37.3 Å². The lowest BCUT2D eigenvalue weighted by Gasteiger charge is -2.18. The molecule has 2 aromatic rings. The molecule has 136 valence electrons. The van der Waals surface area contributed by atoms with Crippen molar-refractivity contribution in [2.24, 2.45) is 0 Å². The summed E-state index contributed by atoms with van der Waals surface area (Å²) in [4.78, 5) is 35.4. The first-order valence-electron chi connectivity index (χ1n) is 8.78. The van der Waals surface area contributed by atoms with Gasteiger partial charge in [-0.25, -0.2) is 9.97 Å². The predicted molar refractivity (Wildman–Crippen MR) is 100 cm³/mol. The lowest BCUT2D eigenvalue weighted by atomic mass is 10.2. The molecule has 2 amide bonds. The van der Waals surface area contributed by atoms with Gasteiger partial charge in [-0.2, -0.15) is 0 Å². The van der Waals surface area contributed by atoms with Gasteiger partial charge in [-0.05, 0) is 38.8 Å². The van der Waals surface area contributed by atoms with E-state index in [-0.39, 0.29) is 18.4 Å². The molecule has 0 aliphatic carbocycles. The molecule has 0 saturated carbocycles. The number of nitrogens with one attached hydrogen (secondary N) is 2. The molecule has 0 atom stereocenters. The van der Waals surface area contributed by atoms with Crippen LogP contribution in [0.25, 0.3) is 0 Å². The molecule has 1 fully saturated rings. The second-order valence-electron chi connectivity index (χ2n) is 6.36. The van der Waals surface area contributed by atoms with Crippen LogP contribution in [0.2, 0.25) is 0 Å². The summed E-state index contributed by atoms with van der Waals surface area (Å²) >= 11 is 0. The molecule has 1 aliphatic rings. The SMILES string of the molecule is Cc1nc(N2CCCC2)nc(C)c1NC(=O)CNC(=O)c1ccccc1. The van der Waals surface area contributed by atoms with E-state index in [9.17, 15) is 9.59 Å². The maximum Gasteiger partial charge on any atom is 0.251 e. The summed E-state index contributed by atoms with van der Waals surface area (Å²) in [6, 6.07) is 8.79. The third-order valence-electron chi connectivity index (χ3n) is 4.36. The zero-order chi connectivity index (χ0) is 18.5. The maximum atomic E-state index is 12.2. The van der Waals surface area contributed by atoms with Crippen LogP contribution in [0.1, 0.15) is 34.6 Å². The Bertz CT molecular complexity index is 778. The van der Waals surface area contributed by atoms with Gasteiger partial charge in [-0.1, -0.05) is 18.2 Å². The molecule has 1 aromatic carbocycles. The number of rotatable bonds is 5. The van der Waals surface area contributed by atoms with Gasteiger partial charge in [0.25, 0.3) is 5.91 Å². The molecule has 0 unspecified atom stereocenters. The molecule has 7 heteroatoms. The van der Waals surface area contributed by atoms with Crippen molar-refractivity contribution in [1.82, 2.24) is 15.3 Å². The van der Waals surface area contributed by atoms with E-state index >= 15 is 0 Å². The summed E-state index contributed by atoms with van der Waals surface area (Å²) in [5.74, 6) is 0.126. The normalized spacial score (nSPS) is 13.5. The molecule has 2 heterocycles. The smallest absolute Gasteiger partial charge is 0.251 e. The van der Waals surface area contributed by atoms with Crippen LogP contribution < -0.4 is 15.5 Å². The predicted octanol–water partition coefficient (Wildman–Crippen LogP) is 2.06. The molecule has 1 aromatic heterocycles. The number of anilines is 2. The van der Waals surface area contributed by atoms with Crippen molar-refractivity contribution in [3.8, 4) is 0 Å². The summed E-state index contributed by atoms with van der Waals surface area (Å²) in [5.41, 5.74) is 2.57. The van der Waals surface area contributed by atoms with Crippen molar-refractivity contribution in [2.75, 3.05) is 29.9 Å². The zero-order valence-electron chi connectivity index (χ0n) is 15.1. The molecule has 26 heavy (non-hydrogen) atoms. The van der Waals surface area contributed by atoms with Gasteiger partial charge in [0, 0.05) is 18.7 Å². The van der Waals surface area contributed by atoms with E-state index in [2.05, 4.69) is 25.5 Å². The third kappa shape index (κ3) is 4.17. The maximum absolute atomic E-state index is 12.2. The fraction of sp³-hybridized carbons (Fsp3) is 0.368. The highest BCUT2D eigenvalue weighted by Gasteiger charge is 2.18. The molecular formula is C19H23N5O2. The lowest BCUT2D eigenvalue weighted by molar-refractivity contribution is -0.115. The van der Waals surface area contributed by atoms with Crippen molar-refractivity contribution in [3.63, 3.8) is 0 Å². The number of carbonyl (C=O) groups is 2. The van der Waals surface area contributed by atoms with Crippen molar-refractivity contribution in [3.05, 3.63) is 47.3 Å². The minimum atomic E-state index is -0.307. The molecule has 1 aliphatic heterocycles. The van der Waals surface area contributed by atoms with Crippen LogP contribution in [0.5, 0.6) is 0 Å². The summed E-state index contributed by atoms with van der Waals surface area (Å²) < 4.78 is 0. The lowest BCUT2D eigenvalue weighted by Crippen LogP contribution is -2.33. The van der Waals surface area contributed by atoms with Gasteiger partial charge in [0.05, 0.1) is 23.6 Å². The van der Waals surface area contributed by atoms with Crippen LogP contribution in [-0.2, 0) is 4.79 Å². The molecule has 3 rings (SSSR count). The van der Waals surface area contributed by atoms with Crippen LogP contribution in [0.4, 0.5) is 11.6 Å². The largest absolute Gasteiger partial charge is 0.343 e. The highest BCUT2D eigenvalue weighted by atomic mass is 16.2. The zero-order valence-corrected chi connectivity index (χ0v) is 15.1. The molecule has 0 bridgehead atoms. The van der Waals surface area contributed by atoms with E-state index in [1.807, 2.05) is 19.9 Å². The number of aryl methyl sites for hydroxylation is 2. The standard InChI is InChI=1S/C19H23N5O2/c1-13-17(14(2)22-19(21-13)24-10-6-7-11-24)23-16(25)12-20-18(26)15-8-4-3-5-9-15/h3-5,8-9H,6-7,10-12H2,1-2H3,(H,20,26)(H,23,25). The summed E-state index contributed by atoms with van der Waals surface area (Å²) in [7, 11) is 0. The first-order chi connectivity index (χ1) is 12.5. The Morgan fingerprint density at radius 1 is 1.04 bits per heavy atom. The van der Waals surface area contributed by atoms with E-state index in [1.165, 1.54) is 0 Å². The molecule has 0 spiro atoms. The Morgan fingerprint density at radius 2 is 1.65 bits per heavy atom. The highest BCUT2D eigenvalue weighted by Crippen LogP contribution is 2.22. The van der Waals surface area contributed by atoms with Crippen LogP contribution in [0.3, 0.4) is 0 Å². The number of hydrogen-bond acceptors (Lipinski definition) is 5. The Morgan fingerprint density at radius 3 is 2.27 bits per heavy atom. The first-order valence-corrected chi connectivity index (χ1v) is 8.78. The topological polar surface area (TPSA) is 87.2 Å². The van der Waals surface area contributed by atoms with Gasteiger partial charge < -0.3 is 15.5 Å². The average Bonchev–Trinajstić information content (AvgIpc) is 3.18. The fourth-order valence-corrected chi connectivity index (χ4v) is 2.97. The Kier molecular flexibility index (Phi) is 5.46. The second-order valence-corrected chi connectivity index (χ2v) is 6.36. The Labute approximate surface area is 152 Å². The van der Waals surface area contributed by atoms with E-state index in [4.69, 9.17) is 0 Å². The molecule has 7 nitrogen and oxygen atoms in total. The quantitative estimate of drug-likeness (QED) is 0.859. The average molecular weight is 353 g/mol. The van der Waals surface area contributed by atoms with Crippen LogP contribution in [-0.4, -0.2) is 41.4 Å². The van der Waals surface area contributed by atoms with E-state index in [0.29, 0.717) is 17.2 Å². The van der Waals surface area contributed by atoms with Crippen molar-refractivity contribution < 1.29 is 9.59 Å². The Hall–Kier alpha value is -2.96.